The number of nitrogens with zero attached hydrogens (tertiary/aromatic N) is 5. The highest BCUT2D eigenvalue weighted by molar-refractivity contribution is 5.95. The minimum Gasteiger partial charge on any atom is -0.497 e. The summed E-state index contributed by atoms with van der Waals surface area (Å²) in [6.07, 6.45) is 1.05. The molecule has 5 N–H and O–H groups in total. The second-order valence-electron chi connectivity index (χ2n) is 9.16. The summed E-state index contributed by atoms with van der Waals surface area (Å²) in [5, 5.41) is 15.0. The molecular formula is C27H28FN9O6. The summed E-state index contributed by atoms with van der Waals surface area (Å²) in [6, 6.07) is 9.23. The van der Waals surface area contributed by atoms with Crippen molar-refractivity contribution in [1.29, 1.82) is 5.41 Å². The molecule has 1 amide bonds. The van der Waals surface area contributed by atoms with Crippen molar-refractivity contribution in [1.82, 2.24) is 29.6 Å². The van der Waals surface area contributed by atoms with Crippen LogP contribution in [-0.4, -0.2) is 74.8 Å². The first kappa shape index (κ1) is 30.2. The molecule has 4 aromatic rings. The molecule has 0 bridgehead atoms. The number of aromatic nitrogens is 5. The maximum Gasteiger partial charge on any atom is 0.350 e. The summed E-state index contributed by atoms with van der Waals surface area (Å²) in [5.41, 5.74) is 5.62. The average Bonchev–Trinajstić information content (AvgIpc) is 3.37. The number of rotatable bonds is 11. The smallest absolute Gasteiger partial charge is 0.350 e. The fourth-order valence-corrected chi connectivity index (χ4v) is 3.82. The number of hydrogen-bond donors (Lipinski definition) is 4. The number of likely N-dealkylation sites (N-methyl/N-ethyl adjacent to an activating group) is 1. The van der Waals surface area contributed by atoms with Gasteiger partial charge in [0.05, 0.1) is 7.11 Å². The zero-order valence-electron chi connectivity index (χ0n) is 23.5. The molecule has 2 heterocycles. The van der Waals surface area contributed by atoms with Gasteiger partial charge in [0, 0.05) is 56.3 Å². The second-order valence-corrected chi connectivity index (χ2v) is 9.16. The predicted octanol–water partition coefficient (Wildman–Crippen LogP) is 1.34. The predicted molar refractivity (Wildman–Crippen MR) is 151 cm³/mol. The Bertz CT molecular complexity index is 1690. The standard InChI is InChI=1S/C27H28FN9O6/c1-14(38)42-25(24(39)36(2)3)43-19-13-17(41-4)12-18(20(19)28)21(33-16-8-6-15(7-9-16)22(29)30)23-34-27(40)37(35-23)26-31-10-5-11-32-26/h5-13,21,25,33H,1-4H3,(H3,29,30)(H,34,35,40)/t21-,25?/m0/s1. The van der Waals surface area contributed by atoms with Crippen LogP contribution in [0.2, 0.25) is 0 Å². The largest absolute Gasteiger partial charge is 0.497 e. The fraction of sp³-hybridized carbons (Fsp3) is 0.222. The first-order chi connectivity index (χ1) is 20.5. The highest BCUT2D eigenvalue weighted by atomic mass is 19.1. The van der Waals surface area contributed by atoms with Crippen LogP contribution in [0.3, 0.4) is 0 Å². The molecule has 224 valence electrons. The average molecular weight is 594 g/mol. The maximum absolute atomic E-state index is 16.3. The molecule has 43 heavy (non-hydrogen) atoms. The van der Waals surface area contributed by atoms with Crippen LogP contribution in [0.15, 0.2) is 59.7 Å². The number of nitrogens with two attached hydrogens (primary N) is 1. The van der Waals surface area contributed by atoms with Crippen LogP contribution < -0.4 is 26.2 Å². The van der Waals surface area contributed by atoms with Crippen molar-refractivity contribution in [3.05, 3.63) is 88.1 Å². The van der Waals surface area contributed by atoms with Gasteiger partial charge in [0.15, 0.2) is 17.4 Å². The number of nitrogens with one attached hydrogen (secondary N) is 3. The van der Waals surface area contributed by atoms with Gasteiger partial charge in [0.2, 0.25) is 0 Å². The van der Waals surface area contributed by atoms with E-state index in [2.05, 4.69) is 25.4 Å². The molecule has 15 nitrogen and oxygen atoms in total. The normalized spacial score (nSPS) is 12.1. The quantitative estimate of drug-likeness (QED) is 0.0845. The van der Waals surface area contributed by atoms with Gasteiger partial charge in [0.25, 0.3) is 5.95 Å². The molecule has 0 spiro atoms. The van der Waals surface area contributed by atoms with Gasteiger partial charge in [-0.05, 0) is 36.4 Å². The number of H-pyrrole nitrogens is 1. The van der Waals surface area contributed by atoms with E-state index in [1.807, 2.05) is 0 Å². The number of anilines is 1. The van der Waals surface area contributed by atoms with E-state index in [0.29, 0.717) is 11.3 Å². The molecular weight excluding hydrogens is 565 g/mol. The van der Waals surface area contributed by atoms with E-state index in [0.717, 1.165) is 16.5 Å². The van der Waals surface area contributed by atoms with Crippen LogP contribution in [0.25, 0.3) is 5.95 Å². The van der Waals surface area contributed by atoms with Crippen molar-refractivity contribution in [2.24, 2.45) is 5.73 Å². The summed E-state index contributed by atoms with van der Waals surface area (Å²) >= 11 is 0. The van der Waals surface area contributed by atoms with Crippen LogP contribution in [0, 0.1) is 11.2 Å². The molecule has 16 heteroatoms. The monoisotopic (exact) mass is 593 g/mol. The van der Waals surface area contributed by atoms with Gasteiger partial charge >= 0.3 is 23.9 Å². The third kappa shape index (κ3) is 6.92. The summed E-state index contributed by atoms with van der Waals surface area (Å²) in [6.45, 7) is 1.08. The summed E-state index contributed by atoms with van der Waals surface area (Å²) in [5.74, 6) is -3.17. The van der Waals surface area contributed by atoms with E-state index < -0.39 is 41.5 Å². The lowest BCUT2D eigenvalue weighted by Gasteiger charge is -2.24. The minimum atomic E-state index is -1.80. The molecule has 0 fully saturated rings. The number of nitrogen functional groups attached to an aromatic ring is 1. The molecule has 2 aromatic carbocycles. The Hall–Kier alpha value is -5.80. The lowest BCUT2D eigenvalue weighted by Crippen LogP contribution is -2.40. The van der Waals surface area contributed by atoms with Gasteiger partial charge in [-0.25, -0.2) is 19.2 Å². The van der Waals surface area contributed by atoms with Crippen LogP contribution in [-0.2, 0) is 14.3 Å². The first-order valence-electron chi connectivity index (χ1n) is 12.6. The lowest BCUT2D eigenvalue weighted by molar-refractivity contribution is -0.175. The zero-order valence-corrected chi connectivity index (χ0v) is 23.5. The molecule has 4 rings (SSSR count). The number of esters is 1. The van der Waals surface area contributed by atoms with Gasteiger partial charge in [-0.2, -0.15) is 0 Å². The molecule has 0 aliphatic carbocycles. The number of methoxy groups -OCH3 is 1. The number of hydrogen-bond acceptors (Lipinski definition) is 11. The number of aromatic amines is 1. The fourth-order valence-electron chi connectivity index (χ4n) is 3.82. The van der Waals surface area contributed by atoms with E-state index in [4.69, 9.17) is 25.4 Å². The second kappa shape index (κ2) is 12.8. The van der Waals surface area contributed by atoms with Crippen molar-refractivity contribution < 1.29 is 28.2 Å². The number of amides is 1. The van der Waals surface area contributed by atoms with Crippen molar-refractivity contribution in [2.75, 3.05) is 26.5 Å². The van der Waals surface area contributed by atoms with E-state index >= 15 is 4.39 Å². The number of ether oxygens (including phenoxy) is 3. The van der Waals surface area contributed by atoms with Gasteiger partial charge < -0.3 is 30.2 Å². The van der Waals surface area contributed by atoms with E-state index in [1.165, 1.54) is 45.7 Å². The Morgan fingerprint density at radius 1 is 1.16 bits per heavy atom. The highest BCUT2D eigenvalue weighted by Crippen LogP contribution is 2.35. The molecule has 0 radical (unpaired) electrons. The molecule has 0 aliphatic heterocycles. The van der Waals surface area contributed by atoms with Gasteiger partial charge in [0.1, 0.15) is 17.6 Å². The molecule has 0 saturated carbocycles. The number of carbonyl (C=O) groups excluding carboxylic acids is 2. The van der Waals surface area contributed by atoms with Gasteiger partial charge in [-0.1, -0.05) is 0 Å². The summed E-state index contributed by atoms with van der Waals surface area (Å²) in [7, 11) is 4.16. The Balaban J connectivity index is 1.85. The van der Waals surface area contributed by atoms with Crippen molar-refractivity contribution in [2.45, 2.75) is 19.3 Å². The van der Waals surface area contributed by atoms with Gasteiger partial charge in [-0.15, -0.1) is 9.78 Å². The van der Waals surface area contributed by atoms with Crippen molar-refractivity contribution in [3.63, 3.8) is 0 Å². The maximum atomic E-state index is 16.3. The zero-order chi connectivity index (χ0) is 31.3. The number of halogens is 1. The third-order valence-electron chi connectivity index (χ3n) is 5.89. The van der Waals surface area contributed by atoms with Crippen molar-refractivity contribution >= 4 is 23.4 Å². The molecule has 2 atom stereocenters. The van der Waals surface area contributed by atoms with E-state index in [9.17, 15) is 14.4 Å². The molecule has 0 aliphatic rings. The van der Waals surface area contributed by atoms with Crippen LogP contribution in [0.4, 0.5) is 10.1 Å². The molecule has 2 aromatic heterocycles. The Morgan fingerprint density at radius 3 is 2.42 bits per heavy atom. The number of benzene rings is 2. The molecule has 0 saturated heterocycles. The summed E-state index contributed by atoms with van der Waals surface area (Å²) in [4.78, 5) is 49.0. The lowest BCUT2D eigenvalue weighted by atomic mass is 10.0. The van der Waals surface area contributed by atoms with Crippen LogP contribution in [0.1, 0.15) is 29.9 Å². The summed E-state index contributed by atoms with van der Waals surface area (Å²) < 4.78 is 33.2. The molecule has 1 unspecified atom stereocenters. The highest BCUT2D eigenvalue weighted by Gasteiger charge is 2.31. The topological polar surface area (TPSA) is 203 Å². The van der Waals surface area contributed by atoms with Crippen molar-refractivity contribution in [3.8, 4) is 17.4 Å². The van der Waals surface area contributed by atoms with Crippen LogP contribution in [0.5, 0.6) is 11.5 Å². The Kier molecular flexibility index (Phi) is 8.98. The minimum absolute atomic E-state index is 0.0267. The van der Waals surface area contributed by atoms with E-state index in [-0.39, 0.29) is 28.9 Å². The Labute approximate surface area is 243 Å². The number of amidine groups is 1. The SMILES string of the molecule is COc1cc(OC(OC(C)=O)C(=O)N(C)C)c(F)c([C@H](Nc2ccc(C(=N)N)cc2)c2nn(-c3ncccn3)c(=O)[nH]2)c1. The van der Waals surface area contributed by atoms with Crippen LogP contribution >= 0.6 is 0 Å². The first-order valence-corrected chi connectivity index (χ1v) is 12.6. The van der Waals surface area contributed by atoms with Gasteiger partial charge in [-0.3, -0.25) is 20.0 Å². The Morgan fingerprint density at radius 2 is 1.84 bits per heavy atom. The van der Waals surface area contributed by atoms with E-state index in [1.54, 1.807) is 30.3 Å². The third-order valence-corrected chi connectivity index (χ3v) is 5.89. The number of carbonyl (C=O) groups is 2.